The minimum atomic E-state index is -0.826. The Kier molecular flexibility index (Phi) is 16.3. The Morgan fingerprint density at radius 1 is 0.604 bits per heavy atom. The number of hydrogen-bond donors (Lipinski definition) is 0. The Balaban J connectivity index is 0.000000179. The van der Waals surface area contributed by atoms with E-state index in [9.17, 15) is 0 Å². The first-order chi connectivity index (χ1) is 25.7. The van der Waals surface area contributed by atoms with E-state index >= 15 is 0 Å². The van der Waals surface area contributed by atoms with Gasteiger partial charge in [-0.05, 0) is 65.2 Å². The van der Waals surface area contributed by atoms with Crippen molar-refractivity contribution in [2.45, 2.75) is 122 Å². The summed E-state index contributed by atoms with van der Waals surface area (Å²) in [5, 5.41) is 5.56. The van der Waals surface area contributed by atoms with Gasteiger partial charge in [0.15, 0.2) is 0 Å². The zero-order valence-electron chi connectivity index (χ0n) is 32.9. The van der Waals surface area contributed by atoms with Crippen LogP contribution in [0.1, 0.15) is 119 Å². The van der Waals surface area contributed by atoms with E-state index in [1.54, 1.807) is 5.56 Å². The zero-order chi connectivity index (χ0) is 37.8. The Labute approximate surface area is 342 Å². The van der Waals surface area contributed by atoms with Crippen LogP contribution in [-0.4, -0.2) is 9.52 Å². The van der Waals surface area contributed by atoms with Crippen molar-refractivity contribution in [2.24, 2.45) is 0 Å². The third-order valence-electron chi connectivity index (χ3n) is 11.1. The first-order valence-corrected chi connectivity index (χ1v) is 28.1. The van der Waals surface area contributed by atoms with Gasteiger partial charge in [0.25, 0.3) is 0 Å². The van der Waals surface area contributed by atoms with Crippen LogP contribution in [0, 0.1) is 6.92 Å². The molecule has 8 rings (SSSR count). The van der Waals surface area contributed by atoms with Crippen molar-refractivity contribution in [1.82, 2.24) is 0 Å². The molecule has 0 N–H and O–H groups in total. The fourth-order valence-electron chi connectivity index (χ4n) is 8.34. The van der Waals surface area contributed by atoms with E-state index in [0.29, 0.717) is 0 Å². The Morgan fingerprint density at radius 3 is 1.57 bits per heavy atom. The van der Waals surface area contributed by atoms with Crippen LogP contribution in [0.15, 0.2) is 109 Å². The van der Waals surface area contributed by atoms with E-state index in [2.05, 4.69) is 150 Å². The molecule has 0 heterocycles. The van der Waals surface area contributed by atoms with Gasteiger partial charge in [-0.1, -0.05) is 151 Å². The van der Waals surface area contributed by atoms with E-state index in [1.165, 1.54) is 125 Å². The molecular formula is C49H58Cl2SiZr. The molecule has 0 aliphatic heterocycles. The van der Waals surface area contributed by atoms with Crippen molar-refractivity contribution >= 4 is 48.1 Å². The van der Waals surface area contributed by atoms with E-state index < -0.39 is 20.8 Å². The molecule has 2 saturated carbocycles. The average Bonchev–Trinajstić information content (AvgIpc) is 3.80. The number of halogens is 2. The standard InChI is InChI=1S/C25H29.C22H23.C2H6Si.2ClH.Zr/c1-25(2,3)22-14-12-19(13-15-22)23-11-7-10-20-16-21(17-24(20)23)18-8-5-4-6-9-18;1-16-14-20-8-5-9-21(22(20)15-16)19-12-10-18(11-13-19)17-6-3-2-4-7-17;1-3-2;;;/h7,10-18H,4-6,8-9H2,1-3H3;5,8-15,17H,2-4,6-7H2,1H3;1-2H3;2*1H;/q2*-1;;;;+4/p-2. The molecule has 6 aromatic rings. The van der Waals surface area contributed by atoms with E-state index in [1.807, 2.05) is 0 Å². The molecule has 0 unspecified atom stereocenters. The summed E-state index contributed by atoms with van der Waals surface area (Å²) < 4.78 is 0. The molecule has 2 aliphatic rings. The average molecular weight is 837 g/mol. The molecular weight excluding hydrogens is 779 g/mol. The summed E-state index contributed by atoms with van der Waals surface area (Å²) in [6.45, 7) is 13.3. The molecule has 4 heteroatoms. The van der Waals surface area contributed by atoms with Crippen LogP contribution >= 0.6 is 17.0 Å². The fourth-order valence-corrected chi connectivity index (χ4v) is 8.34. The van der Waals surface area contributed by atoms with Crippen molar-refractivity contribution < 1.29 is 20.8 Å². The molecule has 2 fully saturated rings. The van der Waals surface area contributed by atoms with Gasteiger partial charge >= 0.3 is 37.9 Å². The topological polar surface area (TPSA) is 0 Å². The molecule has 0 bridgehead atoms. The van der Waals surface area contributed by atoms with Crippen LogP contribution in [0.25, 0.3) is 43.8 Å². The van der Waals surface area contributed by atoms with Gasteiger partial charge in [-0.2, -0.15) is 12.1 Å². The van der Waals surface area contributed by atoms with Crippen LogP contribution < -0.4 is 0 Å². The van der Waals surface area contributed by atoms with Crippen molar-refractivity contribution in [3.05, 3.63) is 131 Å². The summed E-state index contributed by atoms with van der Waals surface area (Å²) in [4.78, 5) is 0. The zero-order valence-corrected chi connectivity index (χ0v) is 37.8. The molecule has 0 saturated heterocycles. The molecule has 53 heavy (non-hydrogen) atoms. The summed E-state index contributed by atoms with van der Waals surface area (Å²) in [7, 11) is 11.0. The van der Waals surface area contributed by atoms with Crippen LogP contribution in [0.5, 0.6) is 0 Å². The van der Waals surface area contributed by atoms with E-state index in [4.69, 9.17) is 17.0 Å². The normalized spacial score (nSPS) is 15.0. The number of aryl methyl sites for hydroxylation is 1. The van der Waals surface area contributed by atoms with Crippen molar-refractivity contribution in [3.63, 3.8) is 0 Å². The van der Waals surface area contributed by atoms with Crippen LogP contribution in [0.2, 0.25) is 13.1 Å². The monoisotopic (exact) mass is 834 g/mol. The maximum absolute atomic E-state index is 4.93. The molecule has 6 aromatic carbocycles. The Morgan fingerprint density at radius 2 is 1.06 bits per heavy atom. The first-order valence-electron chi connectivity index (χ1n) is 19.8. The quantitative estimate of drug-likeness (QED) is 0.123. The first kappa shape index (κ1) is 41.9. The van der Waals surface area contributed by atoms with Gasteiger partial charge in [-0.25, -0.2) is 0 Å². The SMILES string of the molecule is CC(C)(C)c1ccc(-c2cccc3[cH-]c(C4CCCCC4)cc23)cc1.C[Si]C.Cc1cc2c(-c3ccc(C4CCCCC4)cc3)cccc2[cH-]1.[Cl][Zr+2][Cl]. The number of fused-ring (bicyclic) bond motifs is 2. The van der Waals surface area contributed by atoms with Crippen LogP contribution in [0.4, 0.5) is 0 Å². The summed E-state index contributed by atoms with van der Waals surface area (Å²) in [5.74, 6) is 1.57. The number of rotatable bonds is 4. The maximum atomic E-state index is 4.93. The number of hydrogen-bond acceptors (Lipinski definition) is 0. The molecule has 276 valence electrons. The second-order valence-electron chi connectivity index (χ2n) is 16.1. The summed E-state index contributed by atoms with van der Waals surface area (Å²) in [5.41, 5.74) is 11.5. The van der Waals surface area contributed by atoms with Crippen molar-refractivity contribution in [1.29, 1.82) is 0 Å². The predicted molar refractivity (Wildman–Crippen MR) is 234 cm³/mol. The Hall–Kier alpha value is -2.22. The molecule has 2 aliphatic carbocycles. The van der Waals surface area contributed by atoms with Gasteiger partial charge in [-0.15, -0.1) is 69.1 Å². The third-order valence-corrected chi connectivity index (χ3v) is 11.1. The van der Waals surface area contributed by atoms with Gasteiger partial charge in [0.05, 0.1) is 0 Å². The van der Waals surface area contributed by atoms with E-state index in [-0.39, 0.29) is 5.41 Å². The van der Waals surface area contributed by atoms with Crippen LogP contribution in [-0.2, 0) is 26.3 Å². The summed E-state index contributed by atoms with van der Waals surface area (Å²) in [6.07, 6.45) is 13.9. The Bertz CT molecular complexity index is 1960. The molecule has 0 amide bonds. The number of benzene rings is 4. The molecule has 0 spiro atoms. The van der Waals surface area contributed by atoms with Crippen molar-refractivity contribution in [3.8, 4) is 22.3 Å². The van der Waals surface area contributed by atoms with E-state index in [0.717, 1.165) is 21.4 Å². The van der Waals surface area contributed by atoms with Crippen molar-refractivity contribution in [2.75, 3.05) is 0 Å². The summed E-state index contributed by atoms with van der Waals surface area (Å²) >= 11 is -0.826. The van der Waals surface area contributed by atoms with Gasteiger partial charge in [-0.3, -0.25) is 0 Å². The third kappa shape index (κ3) is 11.4. The van der Waals surface area contributed by atoms with Crippen LogP contribution in [0.3, 0.4) is 0 Å². The van der Waals surface area contributed by atoms with Gasteiger partial charge < -0.3 is 0 Å². The minimum absolute atomic E-state index is 0.207. The molecule has 0 atom stereocenters. The summed E-state index contributed by atoms with van der Waals surface area (Å²) in [6, 6.07) is 41.4. The molecule has 2 radical (unpaired) electrons. The van der Waals surface area contributed by atoms with Gasteiger partial charge in [0.2, 0.25) is 0 Å². The van der Waals surface area contributed by atoms with Gasteiger partial charge in [0.1, 0.15) is 0 Å². The predicted octanol–water partition coefficient (Wildman–Crippen LogP) is 16.3. The second-order valence-corrected chi connectivity index (χ2v) is 20.9. The second kappa shape index (κ2) is 20.6. The molecule has 0 nitrogen and oxygen atoms in total. The molecule has 0 aromatic heterocycles. The van der Waals surface area contributed by atoms with Gasteiger partial charge in [0, 0.05) is 9.52 Å². The fraction of sp³-hybridized carbons (Fsp3) is 0.388.